The third kappa shape index (κ3) is 6.27. The molecule has 0 aromatic carbocycles. The van der Waals surface area contributed by atoms with Gasteiger partial charge in [-0.15, -0.1) is 18.2 Å². The van der Waals surface area contributed by atoms with Crippen LogP contribution in [0.2, 0.25) is 0 Å². The first-order valence-electron chi connectivity index (χ1n) is 3.73. The van der Waals surface area contributed by atoms with Gasteiger partial charge in [0.15, 0.2) is 0 Å². The summed E-state index contributed by atoms with van der Waals surface area (Å²) in [6, 6.07) is 0. The first kappa shape index (κ1) is 13.2. The summed E-state index contributed by atoms with van der Waals surface area (Å²) < 4.78 is 35.2. The van der Waals surface area contributed by atoms with Crippen molar-refractivity contribution in [1.82, 2.24) is 0 Å². The Balaban J connectivity index is 3.81. The van der Waals surface area contributed by atoms with Gasteiger partial charge in [-0.1, -0.05) is 24.8 Å². The molecule has 0 spiro atoms. The zero-order chi connectivity index (χ0) is 10.5. The van der Waals surface area contributed by atoms with Crippen molar-refractivity contribution in [1.29, 1.82) is 0 Å². The largest absolute Gasteiger partial charge is 0.441 e. The number of hydrogen-bond acceptors (Lipinski definition) is 1. The lowest BCUT2D eigenvalue weighted by Gasteiger charge is -2.22. The standard InChI is InChI=1S/C8H12ClF3S/c1-3-7(2,6-9)4-5-13-8(10,11)12/h3H,1,4-6H2,2H3. The third-order valence-electron chi connectivity index (χ3n) is 1.74. The average molecular weight is 233 g/mol. The number of thioether (sulfide) groups is 1. The number of halogens is 4. The van der Waals surface area contributed by atoms with E-state index in [1.165, 1.54) is 0 Å². The van der Waals surface area contributed by atoms with E-state index in [0.29, 0.717) is 12.3 Å². The molecule has 5 heteroatoms. The highest BCUT2D eigenvalue weighted by molar-refractivity contribution is 8.00. The first-order chi connectivity index (χ1) is 5.83. The fourth-order valence-electron chi connectivity index (χ4n) is 0.623. The van der Waals surface area contributed by atoms with Gasteiger partial charge in [0.2, 0.25) is 0 Å². The first-order valence-corrected chi connectivity index (χ1v) is 5.25. The molecule has 1 unspecified atom stereocenters. The molecule has 0 aliphatic heterocycles. The van der Waals surface area contributed by atoms with E-state index in [1.807, 2.05) is 0 Å². The van der Waals surface area contributed by atoms with Crippen LogP contribution in [0.25, 0.3) is 0 Å². The van der Waals surface area contributed by atoms with Crippen LogP contribution in [0.3, 0.4) is 0 Å². The molecule has 1 atom stereocenters. The van der Waals surface area contributed by atoms with Gasteiger partial charge in [-0.25, -0.2) is 0 Å². The predicted octanol–water partition coefficient (Wildman–Crippen LogP) is 4.06. The fourth-order valence-corrected chi connectivity index (χ4v) is 1.67. The highest BCUT2D eigenvalue weighted by Crippen LogP contribution is 2.34. The normalized spacial score (nSPS) is 16.7. The average Bonchev–Trinajstić information content (AvgIpc) is 2.02. The smallest absolute Gasteiger partial charge is 0.160 e. The van der Waals surface area contributed by atoms with E-state index in [-0.39, 0.29) is 22.9 Å². The van der Waals surface area contributed by atoms with Crippen molar-refractivity contribution in [3.8, 4) is 0 Å². The van der Waals surface area contributed by atoms with Crippen molar-refractivity contribution < 1.29 is 13.2 Å². The summed E-state index contributed by atoms with van der Waals surface area (Å²) in [4.78, 5) is 0. The molecular weight excluding hydrogens is 221 g/mol. The van der Waals surface area contributed by atoms with Gasteiger partial charge in [0, 0.05) is 11.6 Å². The van der Waals surface area contributed by atoms with Crippen molar-refractivity contribution in [2.75, 3.05) is 11.6 Å². The van der Waals surface area contributed by atoms with Crippen LogP contribution in [-0.4, -0.2) is 17.1 Å². The van der Waals surface area contributed by atoms with Gasteiger partial charge in [-0.05, 0) is 11.8 Å². The Morgan fingerprint density at radius 3 is 2.31 bits per heavy atom. The van der Waals surface area contributed by atoms with Crippen molar-refractivity contribution in [3.05, 3.63) is 12.7 Å². The SMILES string of the molecule is C=CC(C)(CCl)CCSC(F)(F)F. The Morgan fingerprint density at radius 1 is 1.46 bits per heavy atom. The van der Waals surface area contributed by atoms with Gasteiger partial charge in [0.1, 0.15) is 0 Å². The van der Waals surface area contributed by atoms with Gasteiger partial charge >= 0.3 is 5.51 Å². The Bertz CT molecular complexity index is 169. The summed E-state index contributed by atoms with van der Waals surface area (Å²) in [6.45, 7) is 5.34. The number of alkyl halides is 4. The van der Waals surface area contributed by atoms with Crippen LogP contribution in [0.15, 0.2) is 12.7 Å². The second-order valence-electron chi connectivity index (χ2n) is 3.04. The summed E-state index contributed by atoms with van der Waals surface area (Å²) >= 11 is 5.58. The lowest BCUT2D eigenvalue weighted by Crippen LogP contribution is -2.17. The molecule has 0 amide bonds. The number of hydrogen-bond donors (Lipinski definition) is 0. The van der Waals surface area contributed by atoms with E-state index in [4.69, 9.17) is 11.6 Å². The third-order valence-corrected chi connectivity index (χ3v) is 3.08. The molecule has 0 bridgehead atoms. The summed E-state index contributed by atoms with van der Waals surface area (Å²) in [5, 5.41) is 0. The summed E-state index contributed by atoms with van der Waals surface area (Å²) in [5.74, 6) is 0.327. The molecule has 0 saturated heterocycles. The molecule has 0 rings (SSSR count). The maximum atomic E-state index is 11.7. The van der Waals surface area contributed by atoms with Crippen LogP contribution in [0.1, 0.15) is 13.3 Å². The molecule has 13 heavy (non-hydrogen) atoms. The monoisotopic (exact) mass is 232 g/mol. The summed E-state index contributed by atoms with van der Waals surface area (Å²) in [6.07, 6.45) is 2.00. The van der Waals surface area contributed by atoms with E-state index in [9.17, 15) is 13.2 Å². The second kappa shape index (κ2) is 5.15. The van der Waals surface area contributed by atoms with Crippen LogP contribution in [0, 0.1) is 5.41 Å². The predicted molar refractivity (Wildman–Crippen MR) is 52.2 cm³/mol. The summed E-state index contributed by atoms with van der Waals surface area (Å²) in [7, 11) is 0. The molecule has 0 heterocycles. The van der Waals surface area contributed by atoms with Gasteiger partial charge < -0.3 is 0 Å². The van der Waals surface area contributed by atoms with E-state index in [1.54, 1.807) is 13.0 Å². The van der Waals surface area contributed by atoms with Crippen molar-refractivity contribution in [2.45, 2.75) is 18.9 Å². The highest BCUT2D eigenvalue weighted by Gasteiger charge is 2.29. The van der Waals surface area contributed by atoms with E-state index in [2.05, 4.69) is 6.58 Å². The van der Waals surface area contributed by atoms with Crippen LogP contribution >= 0.6 is 23.4 Å². The van der Waals surface area contributed by atoms with Crippen molar-refractivity contribution >= 4 is 23.4 Å². The minimum absolute atomic E-state index is 0.0152. The maximum Gasteiger partial charge on any atom is 0.441 e. The maximum absolute atomic E-state index is 11.7. The Labute approximate surface area is 85.5 Å². The van der Waals surface area contributed by atoms with Gasteiger partial charge in [0.25, 0.3) is 0 Å². The molecule has 0 nitrogen and oxygen atoms in total. The molecular formula is C8H12ClF3S. The molecule has 0 saturated carbocycles. The molecule has 0 aromatic heterocycles. The second-order valence-corrected chi connectivity index (χ2v) is 4.46. The Kier molecular flexibility index (Phi) is 5.22. The topological polar surface area (TPSA) is 0 Å². The van der Waals surface area contributed by atoms with Crippen LogP contribution in [0.5, 0.6) is 0 Å². The zero-order valence-corrected chi connectivity index (χ0v) is 8.90. The van der Waals surface area contributed by atoms with E-state index in [0.717, 1.165) is 0 Å². The molecule has 0 N–H and O–H groups in total. The van der Waals surface area contributed by atoms with Crippen LogP contribution in [0.4, 0.5) is 13.2 Å². The quantitative estimate of drug-likeness (QED) is 0.509. The van der Waals surface area contributed by atoms with E-state index < -0.39 is 5.51 Å². The van der Waals surface area contributed by atoms with Crippen molar-refractivity contribution in [3.63, 3.8) is 0 Å². The van der Waals surface area contributed by atoms with Crippen LogP contribution in [-0.2, 0) is 0 Å². The Hall–Kier alpha value is 0.170. The molecule has 0 aliphatic carbocycles. The zero-order valence-electron chi connectivity index (χ0n) is 7.33. The highest BCUT2D eigenvalue weighted by atomic mass is 35.5. The van der Waals surface area contributed by atoms with Gasteiger partial charge in [-0.2, -0.15) is 13.2 Å². The molecule has 0 radical (unpaired) electrons. The molecule has 0 fully saturated rings. The number of rotatable bonds is 5. The number of allylic oxidation sites excluding steroid dienone is 1. The Morgan fingerprint density at radius 2 is 2.00 bits per heavy atom. The minimum atomic E-state index is -4.14. The molecule has 0 aliphatic rings. The fraction of sp³-hybridized carbons (Fsp3) is 0.750. The molecule has 0 aromatic rings. The lowest BCUT2D eigenvalue weighted by atomic mass is 9.90. The van der Waals surface area contributed by atoms with E-state index >= 15 is 0 Å². The van der Waals surface area contributed by atoms with Gasteiger partial charge in [-0.3, -0.25) is 0 Å². The molecule has 78 valence electrons. The summed E-state index contributed by atoms with van der Waals surface area (Å²) in [5.41, 5.74) is -4.53. The van der Waals surface area contributed by atoms with Gasteiger partial charge in [0.05, 0.1) is 0 Å². The van der Waals surface area contributed by atoms with Crippen molar-refractivity contribution in [2.24, 2.45) is 5.41 Å². The van der Waals surface area contributed by atoms with Crippen LogP contribution < -0.4 is 0 Å². The lowest BCUT2D eigenvalue weighted by molar-refractivity contribution is -0.0328. The minimum Gasteiger partial charge on any atom is -0.160 e.